The summed E-state index contributed by atoms with van der Waals surface area (Å²) in [6.07, 6.45) is 0. The molecule has 0 aliphatic heterocycles. The SMILES string of the molecule is O=C(CN(Cc1ccc(Cl)c(Cl)c1)S(=O)(=O)c1ccc(Br)cc1)Nc1ccc(Cl)cc1Cl. The number of sulfonamides is 1. The molecule has 168 valence electrons. The van der Waals surface area contributed by atoms with Gasteiger partial charge in [0.1, 0.15) is 0 Å². The Balaban J connectivity index is 1.90. The molecule has 0 saturated heterocycles. The third-order valence-electron chi connectivity index (χ3n) is 4.32. The number of carbonyl (C=O) groups is 1. The lowest BCUT2D eigenvalue weighted by atomic mass is 10.2. The molecule has 0 aliphatic carbocycles. The van der Waals surface area contributed by atoms with Crippen LogP contribution in [0.2, 0.25) is 20.1 Å². The first-order valence-electron chi connectivity index (χ1n) is 9.01. The van der Waals surface area contributed by atoms with Gasteiger partial charge in [0.15, 0.2) is 0 Å². The van der Waals surface area contributed by atoms with E-state index >= 15 is 0 Å². The molecule has 0 atom stereocenters. The summed E-state index contributed by atoms with van der Waals surface area (Å²) in [6.45, 7) is -0.561. The fraction of sp³-hybridized carbons (Fsp3) is 0.0952. The van der Waals surface area contributed by atoms with Crippen molar-refractivity contribution in [3.8, 4) is 0 Å². The molecule has 1 amide bonds. The van der Waals surface area contributed by atoms with Crippen molar-refractivity contribution in [3.05, 3.63) is 90.8 Å². The van der Waals surface area contributed by atoms with E-state index in [0.29, 0.717) is 21.3 Å². The van der Waals surface area contributed by atoms with Gasteiger partial charge in [-0.25, -0.2) is 8.42 Å². The Morgan fingerprint density at radius 1 is 0.875 bits per heavy atom. The largest absolute Gasteiger partial charge is 0.324 e. The first kappa shape index (κ1) is 25.3. The van der Waals surface area contributed by atoms with Gasteiger partial charge in [-0.3, -0.25) is 4.79 Å². The van der Waals surface area contributed by atoms with Crippen molar-refractivity contribution in [2.24, 2.45) is 0 Å². The van der Waals surface area contributed by atoms with E-state index in [4.69, 9.17) is 46.4 Å². The molecule has 1 N–H and O–H groups in total. The zero-order valence-corrected chi connectivity index (χ0v) is 21.6. The van der Waals surface area contributed by atoms with Crippen molar-refractivity contribution < 1.29 is 13.2 Å². The van der Waals surface area contributed by atoms with Gasteiger partial charge < -0.3 is 5.32 Å². The summed E-state index contributed by atoms with van der Waals surface area (Å²) in [7, 11) is -4.02. The second-order valence-corrected chi connectivity index (χ2v) is 11.2. The minimum absolute atomic E-state index is 0.0399. The first-order chi connectivity index (χ1) is 15.1. The molecule has 0 bridgehead atoms. The highest BCUT2D eigenvalue weighted by atomic mass is 79.9. The van der Waals surface area contributed by atoms with E-state index in [1.54, 1.807) is 36.4 Å². The number of hydrogen-bond donors (Lipinski definition) is 1. The number of nitrogens with zero attached hydrogens (tertiary/aromatic N) is 1. The summed E-state index contributed by atoms with van der Waals surface area (Å²) in [6, 6.07) is 15.5. The Bertz CT molecular complexity index is 1250. The number of benzene rings is 3. The van der Waals surface area contributed by atoms with Gasteiger partial charge in [0, 0.05) is 16.0 Å². The van der Waals surface area contributed by atoms with Crippen molar-refractivity contribution in [1.29, 1.82) is 0 Å². The van der Waals surface area contributed by atoms with Crippen molar-refractivity contribution in [2.45, 2.75) is 11.4 Å². The molecule has 0 radical (unpaired) electrons. The molecule has 32 heavy (non-hydrogen) atoms. The van der Waals surface area contributed by atoms with Crippen LogP contribution in [0.5, 0.6) is 0 Å². The predicted octanol–water partition coefficient (Wildman–Crippen LogP) is 6.89. The van der Waals surface area contributed by atoms with Gasteiger partial charge in [0.05, 0.1) is 32.2 Å². The monoisotopic (exact) mass is 594 g/mol. The molecule has 0 fully saturated rings. The molecule has 0 heterocycles. The average molecular weight is 597 g/mol. The Morgan fingerprint density at radius 3 is 2.19 bits per heavy atom. The van der Waals surface area contributed by atoms with Crippen LogP contribution in [0.4, 0.5) is 5.69 Å². The van der Waals surface area contributed by atoms with Crippen molar-refractivity contribution in [2.75, 3.05) is 11.9 Å². The number of hydrogen-bond acceptors (Lipinski definition) is 3. The minimum atomic E-state index is -4.02. The molecule has 3 rings (SSSR count). The third kappa shape index (κ3) is 6.38. The van der Waals surface area contributed by atoms with Crippen molar-refractivity contribution in [3.63, 3.8) is 0 Å². The van der Waals surface area contributed by atoms with Crippen LogP contribution in [-0.2, 0) is 21.4 Å². The van der Waals surface area contributed by atoms with E-state index in [1.807, 2.05) is 0 Å². The Morgan fingerprint density at radius 2 is 1.56 bits per heavy atom. The molecule has 0 aliphatic rings. The quantitative estimate of drug-likeness (QED) is 0.323. The van der Waals surface area contributed by atoms with Gasteiger partial charge >= 0.3 is 0 Å². The summed E-state index contributed by atoms with van der Waals surface area (Å²) in [4.78, 5) is 12.8. The minimum Gasteiger partial charge on any atom is -0.324 e. The molecule has 0 spiro atoms. The molecular formula is C21H15BrCl4N2O3S. The zero-order valence-electron chi connectivity index (χ0n) is 16.2. The number of rotatable bonds is 7. The standard InChI is InChI=1S/C21H15BrCl4N2O3S/c22-14-2-5-16(6-3-14)32(30,31)28(11-13-1-7-17(24)18(25)9-13)12-21(29)27-20-8-4-15(23)10-19(20)26/h1-10H,11-12H2,(H,27,29). The predicted molar refractivity (Wildman–Crippen MR) is 133 cm³/mol. The maximum Gasteiger partial charge on any atom is 0.243 e. The van der Waals surface area contributed by atoms with E-state index < -0.39 is 22.5 Å². The third-order valence-corrected chi connectivity index (χ3v) is 7.94. The van der Waals surface area contributed by atoms with Crippen LogP contribution in [0.3, 0.4) is 0 Å². The van der Waals surface area contributed by atoms with Gasteiger partial charge in [0.2, 0.25) is 15.9 Å². The number of amides is 1. The molecule has 0 unspecified atom stereocenters. The van der Waals surface area contributed by atoms with Crippen LogP contribution in [0.25, 0.3) is 0 Å². The summed E-state index contributed by atoms with van der Waals surface area (Å²) < 4.78 is 28.4. The van der Waals surface area contributed by atoms with Crippen LogP contribution in [-0.4, -0.2) is 25.2 Å². The molecule has 11 heteroatoms. The highest BCUT2D eigenvalue weighted by Crippen LogP contribution is 2.27. The summed E-state index contributed by atoms with van der Waals surface area (Å²) in [5.41, 5.74) is 0.883. The van der Waals surface area contributed by atoms with Crippen LogP contribution >= 0.6 is 62.3 Å². The summed E-state index contributed by atoms with van der Waals surface area (Å²) in [5, 5.41) is 3.88. The topological polar surface area (TPSA) is 66.5 Å². The smallest absolute Gasteiger partial charge is 0.243 e. The molecular weight excluding hydrogens is 582 g/mol. The zero-order chi connectivity index (χ0) is 23.5. The van der Waals surface area contributed by atoms with Crippen LogP contribution in [0.15, 0.2) is 70.0 Å². The Hall–Kier alpha value is -1.32. The van der Waals surface area contributed by atoms with Crippen LogP contribution < -0.4 is 5.32 Å². The van der Waals surface area contributed by atoms with Gasteiger partial charge in [-0.15, -0.1) is 0 Å². The Labute approximate surface area is 214 Å². The van der Waals surface area contributed by atoms with E-state index in [-0.39, 0.29) is 21.5 Å². The highest BCUT2D eigenvalue weighted by molar-refractivity contribution is 9.10. The molecule has 5 nitrogen and oxygen atoms in total. The number of halogens is 5. The highest BCUT2D eigenvalue weighted by Gasteiger charge is 2.27. The first-order valence-corrected chi connectivity index (χ1v) is 12.8. The van der Waals surface area contributed by atoms with Crippen LogP contribution in [0.1, 0.15) is 5.56 Å². The Kier molecular flexibility index (Phi) is 8.49. The maximum absolute atomic E-state index is 13.3. The van der Waals surface area contributed by atoms with Gasteiger partial charge in [-0.1, -0.05) is 68.4 Å². The van der Waals surface area contributed by atoms with Crippen molar-refractivity contribution >= 4 is 84.0 Å². The van der Waals surface area contributed by atoms with Gasteiger partial charge in [0.25, 0.3) is 0 Å². The lowest BCUT2D eigenvalue weighted by Gasteiger charge is -2.22. The lowest BCUT2D eigenvalue weighted by Crippen LogP contribution is -2.37. The summed E-state index contributed by atoms with van der Waals surface area (Å²) in [5.74, 6) is -0.574. The van der Waals surface area contributed by atoms with E-state index in [0.717, 1.165) is 8.78 Å². The number of nitrogens with one attached hydrogen (secondary N) is 1. The molecule has 3 aromatic carbocycles. The second-order valence-electron chi connectivity index (χ2n) is 6.65. The maximum atomic E-state index is 13.3. The van der Waals surface area contributed by atoms with Gasteiger partial charge in [-0.2, -0.15) is 4.31 Å². The normalized spacial score (nSPS) is 11.6. The molecule has 3 aromatic rings. The van der Waals surface area contributed by atoms with Crippen LogP contribution in [0, 0.1) is 0 Å². The molecule has 0 saturated carbocycles. The molecule has 0 aromatic heterocycles. The van der Waals surface area contributed by atoms with E-state index in [9.17, 15) is 13.2 Å². The lowest BCUT2D eigenvalue weighted by molar-refractivity contribution is -0.116. The second kappa shape index (κ2) is 10.7. The number of anilines is 1. The van der Waals surface area contributed by atoms with E-state index in [1.165, 1.54) is 24.3 Å². The van der Waals surface area contributed by atoms with Crippen molar-refractivity contribution in [1.82, 2.24) is 4.31 Å². The van der Waals surface area contributed by atoms with Gasteiger partial charge in [-0.05, 0) is 60.2 Å². The average Bonchev–Trinajstić information content (AvgIpc) is 2.72. The number of carbonyl (C=O) groups excluding carboxylic acids is 1. The van der Waals surface area contributed by atoms with E-state index in [2.05, 4.69) is 21.2 Å². The summed E-state index contributed by atoms with van der Waals surface area (Å²) >= 11 is 27.3. The fourth-order valence-electron chi connectivity index (χ4n) is 2.76. The fourth-order valence-corrected chi connectivity index (χ4v) is 5.19.